The van der Waals surface area contributed by atoms with Crippen LogP contribution < -0.4 is 9.47 Å². The van der Waals surface area contributed by atoms with Crippen LogP contribution in [0.3, 0.4) is 0 Å². The number of rotatable bonds is 4. The highest BCUT2D eigenvalue weighted by molar-refractivity contribution is 5.49. The molecule has 2 aliphatic heterocycles. The van der Waals surface area contributed by atoms with Gasteiger partial charge in [-0.2, -0.15) is 0 Å². The number of ether oxygens (including phenoxy) is 3. The second-order valence-corrected chi connectivity index (χ2v) is 9.42. The van der Waals surface area contributed by atoms with E-state index in [1.807, 2.05) is 0 Å². The highest BCUT2D eigenvalue weighted by atomic mass is 16.5. The van der Waals surface area contributed by atoms with Crippen molar-refractivity contribution >= 4 is 0 Å². The van der Waals surface area contributed by atoms with Crippen molar-refractivity contribution in [1.82, 2.24) is 4.90 Å². The van der Waals surface area contributed by atoms with Crippen LogP contribution >= 0.6 is 0 Å². The number of piperidine rings is 1. The van der Waals surface area contributed by atoms with Gasteiger partial charge >= 0.3 is 0 Å². The van der Waals surface area contributed by atoms with Crippen LogP contribution in [0.5, 0.6) is 11.5 Å². The Morgan fingerprint density at radius 2 is 1.74 bits per heavy atom. The first-order chi connectivity index (χ1) is 12.9. The molecule has 4 nitrogen and oxygen atoms in total. The maximum Gasteiger partial charge on any atom is 0.161 e. The zero-order valence-electron chi connectivity index (χ0n) is 17.4. The molecule has 150 valence electrons. The van der Waals surface area contributed by atoms with Crippen LogP contribution in [0.1, 0.15) is 76.5 Å². The summed E-state index contributed by atoms with van der Waals surface area (Å²) in [7, 11) is 1.76. The Morgan fingerprint density at radius 1 is 0.963 bits per heavy atom. The highest BCUT2D eigenvalue weighted by Gasteiger charge is 2.36. The maximum atomic E-state index is 6.31. The van der Waals surface area contributed by atoms with Crippen molar-refractivity contribution in [3.8, 4) is 11.5 Å². The Balaban J connectivity index is 1.52. The minimum absolute atomic E-state index is 0.0686. The van der Waals surface area contributed by atoms with Crippen molar-refractivity contribution in [2.24, 2.45) is 0 Å². The predicted molar refractivity (Wildman–Crippen MR) is 108 cm³/mol. The minimum atomic E-state index is -0.0686. The fraction of sp³-hybridized carbons (Fsp3) is 0.739. The van der Waals surface area contributed by atoms with E-state index in [9.17, 15) is 0 Å². The number of hydrogen-bond donors (Lipinski definition) is 0. The molecule has 2 unspecified atom stereocenters. The summed E-state index contributed by atoms with van der Waals surface area (Å²) in [5.74, 6) is 1.84. The molecule has 0 spiro atoms. The standard InChI is InChI=1S/C23H35NO3/c1-23(2,3)27-18-9-10-20-19-14-21(25-4)22(26-17-7-5-6-8-17)13-16(19)11-12-24(20)15-18/h13-14,17-18,20H,5-12,15H2,1-4H3. The number of fused-ring (bicyclic) bond motifs is 3. The normalized spacial score (nSPS) is 26.5. The SMILES string of the molecule is COc1cc2c(cc1OC1CCCC1)CCN1CC(OC(C)(C)C)CCC21. The van der Waals surface area contributed by atoms with Crippen LogP contribution in [-0.2, 0) is 11.2 Å². The molecule has 3 aliphatic rings. The molecule has 0 N–H and O–H groups in total. The third-order valence-electron chi connectivity index (χ3n) is 6.21. The van der Waals surface area contributed by atoms with E-state index < -0.39 is 0 Å². The number of benzene rings is 1. The van der Waals surface area contributed by atoms with Gasteiger partial charge in [-0.25, -0.2) is 0 Å². The maximum absolute atomic E-state index is 6.31. The van der Waals surface area contributed by atoms with E-state index in [-0.39, 0.29) is 5.60 Å². The van der Waals surface area contributed by atoms with Crippen LogP contribution in [0, 0.1) is 0 Å². The first kappa shape index (κ1) is 19.1. The smallest absolute Gasteiger partial charge is 0.161 e. The lowest BCUT2D eigenvalue weighted by atomic mass is 9.85. The van der Waals surface area contributed by atoms with Crippen molar-refractivity contribution < 1.29 is 14.2 Å². The molecule has 1 aliphatic carbocycles. The third-order valence-corrected chi connectivity index (χ3v) is 6.21. The second-order valence-electron chi connectivity index (χ2n) is 9.42. The summed E-state index contributed by atoms with van der Waals surface area (Å²) in [6, 6.07) is 5.01. The monoisotopic (exact) mass is 373 g/mol. The van der Waals surface area contributed by atoms with Crippen molar-refractivity contribution in [2.75, 3.05) is 20.2 Å². The van der Waals surface area contributed by atoms with Gasteiger partial charge in [-0.15, -0.1) is 0 Å². The van der Waals surface area contributed by atoms with E-state index in [4.69, 9.17) is 14.2 Å². The van der Waals surface area contributed by atoms with E-state index in [2.05, 4.69) is 37.8 Å². The number of methoxy groups -OCH3 is 1. The van der Waals surface area contributed by atoms with E-state index >= 15 is 0 Å². The summed E-state index contributed by atoms with van der Waals surface area (Å²) in [5, 5.41) is 0. The topological polar surface area (TPSA) is 30.9 Å². The highest BCUT2D eigenvalue weighted by Crippen LogP contribution is 2.43. The molecular formula is C23H35NO3. The number of nitrogens with zero attached hydrogens (tertiary/aromatic N) is 1. The van der Waals surface area contributed by atoms with Gasteiger partial charge in [0.25, 0.3) is 0 Å². The molecule has 27 heavy (non-hydrogen) atoms. The zero-order chi connectivity index (χ0) is 19.0. The van der Waals surface area contributed by atoms with Crippen LogP contribution in [0.4, 0.5) is 0 Å². The first-order valence-electron chi connectivity index (χ1n) is 10.7. The van der Waals surface area contributed by atoms with Gasteiger partial charge in [-0.1, -0.05) is 0 Å². The summed E-state index contributed by atoms with van der Waals surface area (Å²) in [6.45, 7) is 8.60. The van der Waals surface area contributed by atoms with Crippen molar-refractivity contribution in [3.63, 3.8) is 0 Å². The lowest BCUT2D eigenvalue weighted by molar-refractivity contribution is -0.0971. The van der Waals surface area contributed by atoms with Gasteiger partial charge < -0.3 is 14.2 Å². The summed E-state index contributed by atoms with van der Waals surface area (Å²) >= 11 is 0. The van der Waals surface area contributed by atoms with E-state index in [1.54, 1.807) is 7.11 Å². The second kappa shape index (κ2) is 7.63. The van der Waals surface area contributed by atoms with Crippen molar-refractivity contribution in [1.29, 1.82) is 0 Å². The summed E-state index contributed by atoms with van der Waals surface area (Å²) in [4.78, 5) is 2.61. The molecular weight excluding hydrogens is 338 g/mol. The van der Waals surface area contributed by atoms with Crippen LogP contribution in [0.2, 0.25) is 0 Å². The van der Waals surface area contributed by atoms with Crippen LogP contribution in [0.15, 0.2) is 12.1 Å². The molecule has 1 aromatic rings. The lowest BCUT2D eigenvalue weighted by Gasteiger charge is -2.45. The Labute approximate surface area is 164 Å². The molecule has 1 saturated heterocycles. The quantitative estimate of drug-likeness (QED) is 0.752. The molecule has 1 saturated carbocycles. The Hall–Kier alpha value is -1.26. The summed E-state index contributed by atoms with van der Waals surface area (Å²) in [6.07, 6.45) is 8.98. The first-order valence-corrected chi connectivity index (χ1v) is 10.7. The molecule has 4 rings (SSSR count). The van der Waals surface area contributed by atoms with Crippen LogP contribution in [-0.4, -0.2) is 42.9 Å². The molecule has 0 radical (unpaired) electrons. The minimum Gasteiger partial charge on any atom is -0.493 e. The van der Waals surface area contributed by atoms with Gasteiger partial charge in [0.1, 0.15) is 0 Å². The van der Waals surface area contributed by atoms with Gasteiger partial charge in [0.15, 0.2) is 11.5 Å². The number of hydrogen-bond acceptors (Lipinski definition) is 4. The van der Waals surface area contributed by atoms with E-state index in [1.165, 1.54) is 36.8 Å². The van der Waals surface area contributed by atoms with E-state index in [0.717, 1.165) is 43.9 Å². The average molecular weight is 374 g/mol. The summed E-state index contributed by atoms with van der Waals surface area (Å²) < 4.78 is 18.3. The Bertz CT molecular complexity index is 660. The fourth-order valence-corrected chi connectivity index (χ4v) is 5.05. The van der Waals surface area contributed by atoms with Gasteiger partial charge in [-0.3, -0.25) is 4.90 Å². The Kier molecular flexibility index (Phi) is 5.39. The predicted octanol–water partition coefficient (Wildman–Crippen LogP) is 4.89. The Morgan fingerprint density at radius 3 is 2.44 bits per heavy atom. The molecule has 2 fully saturated rings. The zero-order valence-corrected chi connectivity index (χ0v) is 17.4. The third kappa shape index (κ3) is 4.27. The van der Waals surface area contributed by atoms with Gasteiger partial charge in [0, 0.05) is 19.1 Å². The molecule has 0 bridgehead atoms. The van der Waals surface area contributed by atoms with Gasteiger partial charge in [0.05, 0.1) is 24.9 Å². The molecule has 0 aromatic heterocycles. The molecule has 0 amide bonds. The molecule has 2 atom stereocenters. The average Bonchev–Trinajstić information content (AvgIpc) is 3.12. The van der Waals surface area contributed by atoms with Crippen molar-refractivity contribution in [2.45, 2.75) is 89.6 Å². The fourth-order valence-electron chi connectivity index (χ4n) is 5.05. The van der Waals surface area contributed by atoms with Gasteiger partial charge in [0.2, 0.25) is 0 Å². The van der Waals surface area contributed by atoms with Crippen LogP contribution in [0.25, 0.3) is 0 Å². The largest absolute Gasteiger partial charge is 0.493 e. The van der Waals surface area contributed by atoms with E-state index in [0.29, 0.717) is 18.2 Å². The summed E-state index contributed by atoms with van der Waals surface area (Å²) in [5.41, 5.74) is 2.81. The lowest BCUT2D eigenvalue weighted by Crippen LogP contribution is -2.47. The molecule has 1 aromatic carbocycles. The molecule has 2 heterocycles. The molecule has 4 heteroatoms. The van der Waals surface area contributed by atoms with Crippen molar-refractivity contribution in [3.05, 3.63) is 23.3 Å². The van der Waals surface area contributed by atoms with Gasteiger partial charge in [-0.05, 0) is 89.0 Å².